The summed E-state index contributed by atoms with van der Waals surface area (Å²) in [5.41, 5.74) is 0.517. The second kappa shape index (κ2) is 4.75. The quantitative estimate of drug-likeness (QED) is 0.876. The van der Waals surface area contributed by atoms with Crippen LogP contribution in [0.1, 0.15) is 36.0 Å². The normalized spacial score (nSPS) is 29.6. The van der Waals surface area contributed by atoms with Crippen molar-refractivity contribution < 1.29 is 4.79 Å². The Morgan fingerprint density at radius 1 is 1.22 bits per heavy atom. The standard InChI is InChI=1S/C14H15Cl2NO/c15-10-3-4-11(12(16)7-10)14(18)17-13-6-8-1-2-9(13)5-8/h3-4,7-9,13H,1-2,5-6H2,(H,17,18)/t8-,9+,13+/m0/s1. The number of hydrogen-bond acceptors (Lipinski definition) is 1. The van der Waals surface area contributed by atoms with Crippen LogP contribution in [0.4, 0.5) is 0 Å². The smallest absolute Gasteiger partial charge is 0.253 e. The summed E-state index contributed by atoms with van der Waals surface area (Å²) in [6.07, 6.45) is 4.99. The second-order valence-corrected chi connectivity index (χ2v) is 6.22. The number of benzene rings is 1. The monoisotopic (exact) mass is 283 g/mol. The number of hydrogen-bond donors (Lipinski definition) is 1. The molecular formula is C14H15Cl2NO. The molecule has 0 spiro atoms. The van der Waals surface area contributed by atoms with E-state index in [1.54, 1.807) is 18.2 Å². The molecule has 0 radical (unpaired) electrons. The third-order valence-corrected chi connectivity index (χ3v) is 4.78. The van der Waals surface area contributed by atoms with E-state index in [0.29, 0.717) is 27.6 Å². The highest BCUT2D eigenvalue weighted by Crippen LogP contribution is 2.44. The third kappa shape index (κ3) is 2.24. The van der Waals surface area contributed by atoms with Crippen molar-refractivity contribution in [1.82, 2.24) is 5.32 Å². The molecule has 0 aliphatic heterocycles. The molecule has 1 aromatic carbocycles. The van der Waals surface area contributed by atoms with Crippen LogP contribution in [0.15, 0.2) is 18.2 Å². The molecular weight excluding hydrogens is 269 g/mol. The Morgan fingerprint density at radius 2 is 2.06 bits per heavy atom. The zero-order chi connectivity index (χ0) is 12.7. The Bertz CT molecular complexity index is 489. The molecule has 3 atom stereocenters. The first-order chi connectivity index (χ1) is 8.63. The second-order valence-electron chi connectivity index (χ2n) is 5.38. The third-order valence-electron chi connectivity index (χ3n) is 4.23. The lowest BCUT2D eigenvalue weighted by atomic mass is 9.95. The lowest BCUT2D eigenvalue weighted by molar-refractivity contribution is 0.0923. The molecule has 0 saturated heterocycles. The molecule has 1 amide bonds. The molecule has 1 N–H and O–H groups in total. The molecule has 2 saturated carbocycles. The van der Waals surface area contributed by atoms with E-state index in [2.05, 4.69) is 5.32 Å². The number of amides is 1. The minimum atomic E-state index is -0.0748. The first-order valence-corrected chi connectivity index (χ1v) is 7.15. The van der Waals surface area contributed by atoms with E-state index in [0.717, 1.165) is 12.3 Å². The minimum Gasteiger partial charge on any atom is -0.349 e. The van der Waals surface area contributed by atoms with Crippen molar-refractivity contribution in [1.29, 1.82) is 0 Å². The highest BCUT2D eigenvalue weighted by molar-refractivity contribution is 6.36. The fourth-order valence-electron chi connectivity index (χ4n) is 3.34. The van der Waals surface area contributed by atoms with E-state index in [1.807, 2.05) is 0 Å². The fraction of sp³-hybridized carbons (Fsp3) is 0.500. The predicted molar refractivity (Wildman–Crippen MR) is 73.2 cm³/mol. The van der Waals surface area contributed by atoms with Gasteiger partial charge in [0.05, 0.1) is 10.6 Å². The van der Waals surface area contributed by atoms with Gasteiger partial charge in [0, 0.05) is 11.1 Å². The van der Waals surface area contributed by atoms with Gasteiger partial charge < -0.3 is 5.32 Å². The van der Waals surface area contributed by atoms with Crippen LogP contribution in [-0.4, -0.2) is 11.9 Å². The van der Waals surface area contributed by atoms with Gasteiger partial charge in [0.1, 0.15) is 0 Å². The van der Waals surface area contributed by atoms with Crippen molar-refractivity contribution in [2.75, 3.05) is 0 Å². The van der Waals surface area contributed by atoms with E-state index in [-0.39, 0.29) is 5.91 Å². The van der Waals surface area contributed by atoms with Gasteiger partial charge in [-0.2, -0.15) is 0 Å². The lowest BCUT2D eigenvalue weighted by Gasteiger charge is -2.23. The maximum atomic E-state index is 12.2. The van der Waals surface area contributed by atoms with Crippen molar-refractivity contribution in [3.05, 3.63) is 33.8 Å². The van der Waals surface area contributed by atoms with Crippen molar-refractivity contribution in [3.8, 4) is 0 Å². The van der Waals surface area contributed by atoms with Gasteiger partial charge in [-0.3, -0.25) is 4.79 Å². The average molecular weight is 284 g/mol. The summed E-state index contributed by atoms with van der Waals surface area (Å²) in [4.78, 5) is 12.2. The van der Waals surface area contributed by atoms with Gasteiger partial charge in [-0.25, -0.2) is 0 Å². The molecule has 0 aromatic heterocycles. The summed E-state index contributed by atoms with van der Waals surface area (Å²) in [6, 6.07) is 5.33. The highest BCUT2D eigenvalue weighted by Gasteiger charge is 2.40. The summed E-state index contributed by atoms with van der Waals surface area (Å²) in [7, 11) is 0. The summed E-state index contributed by atoms with van der Waals surface area (Å²) in [5, 5.41) is 4.09. The van der Waals surface area contributed by atoms with Crippen LogP contribution in [0, 0.1) is 11.8 Å². The average Bonchev–Trinajstić information content (AvgIpc) is 2.90. The molecule has 2 bridgehead atoms. The Balaban J connectivity index is 1.71. The van der Waals surface area contributed by atoms with E-state index >= 15 is 0 Å². The van der Waals surface area contributed by atoms with Crippen LogP contribution < -0.4 is 5.32 Å². The summed E-state index contributed by atoms with van der Waals surface area (Å²) >= 11 is 11.9. The molecule has 3 rings (SSSR count). The van der Waals surface area contributed by atoms with Crippen molar-refractivity contribution >= 4 is 29.1 Å². The van der Waals surface area contributed by atoms with E-state index in [9.17, 15) is 4.79 Å². The Morgan fingerprint density at radius 3 is 2.67 bits per heavy atom. The number of halogens is 2. The number of fused-ring (bicyclic) bond motifs is 2. The van der Waals surface area contributed by atoms with Crippen LogP contribution in [0.5, 0.6) is 0 Å². The number of carbonyl (C=O) groups excluding carboxylic acids is 1. The number of carbonyl (C=O) groups is 1. The van der Waals surface area contributed by atoms with Crippen LogP contribution in [0.25, 0.3) is 0 Å². The fourth-order valence-corrected chi connectivity index (χ4v) is 3.84. The highest BCUT2D eigenvalue weighted by atomic mass is 35.5. The lowest BCUT2D eigenvalue weighted by Crippen LogP contribution is -2.38. The predicted octanol–water partition coefficient (Wildman–Crippen LogP) is 3.91. The first-order valence-electron chi connectivity index (χ1n) is 6.39. The Kier molecular flexibility index (Phi) is 3.25. The summed E-state index contributed by atoms with van der Waals surface area (Å²) in [6.45, 7) is 0. The molecule has 2 nitrogen and oxygen atoms in total. The first kappa shape index (κ1) is 12.3. The number of nitrogens with one attached hydrogen (secondary N) is 1. The molecule has 18 heavy (non-hydrogen) atoms. The summed E-state index contributed by atoms with van der Waals surface area (Å²) < 4.78 is 0. The van der Waals surface area contributed by atoms with Gasteiger partial charge in [-0.1, -0.05) is 29.6 Å². The largest absolute Gasteiger partial charge is 0.349 e. The van der Waals surface area contributed by atoms with Crippen LogP contribution in [-0.2, 0) is 0 Å². The van der Waals surface area contributed by atoms with Gasteiger partial charge in [0.2, 0.25) is 0 Å². The molecule has 0 unspecified atom stereocenters. The molecule has 4 heteroatoms. The van der Waals surface area contributed by atoms with Gasteiger partial charge in [0.15, 0.2) is 0 Å². The van der Waals surface area contributed by atoms with E-state index in [4.69, 9.17) is 23.2 Å². The van der Waals surface area contributed by atoms with Crippen molar-refractivity contribution in [3.63, 3.8) is 0 Å². The van der Waals surface area contributed by atoms with E-state index < -0.39 is 0 Å². The molecule has 2 aliphatic rings. The van der Waals surface area contributed by atoms with Crippen molar-refractivity contribution in [2.24, 2.45) is 11.8 Å². The van der Waals surface area contributed by atoms with Crippen LogP contribution in [0.3, 0.4) is 0 Å². The van der Waals surface area contributed by atoms with Crippen LogP contribution >= 0.6 is 23.2 Å². The van der Waals surface area contributed by atoms with Gasteiger partial charge in [0.25, 0.3) is 5.91 Å². The van der Waals surface area contributed by atoms with Crippen molar-refractivity contribution in [2.45, 2.75) is 31.7 Å². The topological polar surface area (TPSA) is 29.1 Å². The molecule has 2 fully saturated rings. The van der Waals surface area contributed by atoms with Crippen LogP contribution in [0.2, 0.25) is 10.0 Å². The Labute approximate surface area is 117 Å². The van der Waals surface area contributed by atoms with Gasteiger partial charge >= 0.3 is 0 Å². The molecule has 0 heterocycles. The van der Waals surface area contributed by atoms with E-state index in [1.165, 1.54) is 19.3 Å². The van der Waals surface area contributed by atoms with Gasteiger partial charge in [-0.05, 0) is 49.3 Å². The SMILES string of the molecule is O=C(N[C@@H]1C[C@H]2CC[C@@H]1C2)c1ccc(Cl)cc1Cl. The molecule has 2 aliphatic carbocycles. The molecule has 96 valence electrons. The number of rotatable bonds is 2. The maximum absolute atomic E-state index is 12.2. The Hall–Kier alpha value is -0.730. The summed E-state index contributed by atoms with van der Waals surface area (Å²) in [5.74, 6) is 1.42. The molecule has 1 aromatic rings. The van der Waals surface area contributed by atoms with Gasteiger partial charge in [-0.15, -0.1) is 0 Å². The zero-order valence-electron chi connectivity index (χ0n) is 9.96. The zero-order valence-corrected chi connectivity index (χ0v) is 11.5. The maximum Gasteiger partial charge on any atom is 0.253 e. The minimum absolute atomic E-state index is 0.0748.